The van der Waals surface area contributed by atoms with Crippen LogP contribution in [0.5, 0.6) is 0 Å². The van der Waals surface area contributed by atoms with E-state index < -0.39 is 0 Å². The van der Waals surface area contributed by atoms with Crippen LogP contribution >= 0.6 is 11.3 Å². The maximum atomic E-state index is 13.0. The number of H-pyrrole nitrogens is 1. The van der Waals surface area contributed by atoms with Crippen molar-refractivity contribution in [1.29, 1.82) is 0 Å². The van der Waals surface area contributed by atoms with Crippen LogP contribution in [0.1, 0.15) is 10.8 Å². The Morgan fingerprint density at radius 2 is 1.92 bits per heavy atom. The fraction of sp³-hybridized carbons (Fsp3) is 0.105. The molecule has 1 amide bonds. The number of nitrogens with zero attached hydrogens (tertiary/aromatic N) is 2. The second kappa shape index (κ2) is 7.05. The number of hydrogen-bond acceptors (Lipinski definition) is 4. The zero-order valence-electron chi connectivity index (χ0n) is 13.7. The van der Waals surface area contributed by atoms with Gasteiger partial charge in [-0.15, -0.1) is 11.3 Å². The fourth-order valence-corrected chi connectivity index (χ4v) is 3.42. The molecule has 7 heteroatoms. The van der Waals surface area contributed by atoms with Crippen LogP contribution in [0.15, 0.2) is 53.9 Å². The zero-order valence-corrected chi connectivity index (χ0v) is 14.5. The van der Waals surface area contributed by atoms with Crippen LogP contribution in [-0.4, -0.2) is 20.9 Å². The van der Waals surface area contributed by atoms with Crippen molar-refractivity contribution in [3.63, 3.8) is 0 Å². The van der Waals surface area contributed by atoms with Gasteiger partial charge >= 0.3 is 0 Å². The van der Waals surface area contributed by atoms with Gasteiger partial charge in [-0.2, -0.15) is 0 Å². The van der Waals surface area contributed by atoms with Crippen LogP contribution in [0, 0.1) is 5.82 Å². The van der Waals surface area contributed by atoms with Crippen molar-refractivity contribution in [3.8, 4) is 11.3 Å². The van der Waals surface area contributed by atoms with Crippen LogP contribution < -0.4 is 5.32 Å². The summed E-state index contributed by atoms with van der Waals surface area (Å²) in [5.41, 5.74) is 3.40. The van der Waals surface area contributed by atoms with Gasteiger partial charge in [-0.25, -0.2) is 14.4 Å². The molecule has 0 aliphatic heterocycles. The van der Waals surface area contributed by atoms with Crippen LogP contribution in [0.3, 0.4) is 0 Å². The number of thiazole rings is 1. The van der Waals surface area contributed by atoms with E-state index >= 15 is 0 Å². The number of amides is 1. The number of halogens is 1. The molecule has 0 atom stereocenters. The molecule has 2 aromatic carbocycles. The number of benzene rings is 2. The molecule has 2 aromatic heterocycles. The third-order valence-electron chi connectivity index (χ3n) is 3.89. The molecule has 4 rings (SSSR count). The molecular formula is C19H15FN4OS. The van der Waals surface area contributed by atoms with E-state index in [0.717, 1.165) is 22.3 Å². The number of aromatic amines is 1. The number of aromatic nitrogens is 3. The Bertz CT molecular complexity index is 1020. The first-order valence-corrected chi connectivity index (χ1v) is 8.96. The van der Waals surface area contributed by atoms with Gasteiger partial charge in [0.1, 0.15) is 16.6 Å². The van der Waals surface area contributed by atoms with Crippen molar-refractivity contribution in [2.75, 3.05) is 0 Å². The molecule has 5 nitrogen and oxygen atoms in total. The standard InChI is InChI=1S/C19H15FN4OS/c20-13-7-5-12(6-8-13)16-11-26-19(24-16)9-18(25)21-10-17-22-14-3-1-2-4-15(14)23-17/h1-8,11H,9-10H2,(H,21,25)(H,22,23). The number of rotatable bonds is 5. The summed E-state index contributed by atoms with van der Waals surface area (Å²) in [6, 6.07) is 13.9. The highest BCUT2D eigenvalue weighted by Crippen LogP contribution is 2.22. The highest BCUT2D eigenvalue weighted by atomic mass is 32.1. The van der Waals surface area contributed by atoms with Gasteiger partial charge < -0.3 is 10.3 Å². The number of carbonyl (C=O) groups excluding carboxylic acids is 1. The Morgan fingerprint density at radius 1 is 1.12 bits per heavy atom. The number of para-hydroxylation sites is 2. The second-order valence-electron chi connectivity index (χ2n) is 5.79. The van der Waals surface area contributed by atoms with Crippen LogP contribution in [0.25, 0.3) is 22.3 Å². The minimum Gasteiger partial charge on any atom is -0.349 e. The van der Waals surface area contributed by atoms with Gasteiger partial charge in [-0.3, -0.25) is 4.79 Å². The van der Waals surface area contributed by atoms with Gasteiger partial charge in [0.05, 0.1) is 29.7 Å². The lowest BCUT2D eigenvalue weighted by atomic mass is 10.2. The minimum absolute atomic E-state index is 0.120. The first kappa shape index (κ1) is 16.4. The number of imidazole rings is 1. The molecule has 0 spiro atoms. The molecule has 130 valence electrons. The normalized spacial score (nSPS) is 11.0. The smallest absolute Gasteiger partial charge is 0.227 e. The van der Waals surface area contributed by atoms with Crippen molar-refractivity contribution in [1.82, 2.24) is 20.3 Å². The van der Waals surface area contributed by atoms with Crippen LogP contribution in [0.2, 0.25) is 0 Å². The Morgan fingerprint density at radius 3 is 2.73 bits per heavy atom. The highest BCUT2D eigenvalue weighted by molar-refractivity contribution is 7.10. The number of nitrogens with one attached hydrogen (secondary N) is 2. The molecule has 0 saturated heterocycles. The Balaban J connectivity index is 1.36. The lowest BCUT2D eigenvalue weighted by Gasteiger charge is -2.01. The molecule has 0 unspecified atom stereocenters. The third kappa shape index (κ3) is 3.62. The molecule has 2 N–H and O–H groups in total. The summed E-state index contributed by atoms with van der Waals surface area (Å²) in [6.07, 6.45) is 0.200. The predicted molar refractivity (Wildman–Crippen MR) is 99.2 cm³/mol. The minimum atomic E-state index is -0.283. The molecular weight excluding hydrogens is 351 g/mol. The van der Waals surface area contributed by atoms with E-state index in [1.54, 1.807) is 12.1 Å². The maximum absolute atomic E-state index is 13.0. The molecule has 0 saturated carbocycles. The van der Waals surface area contributed by atoms with Crippen LogP contribution in [0.4, 0.5) is 4.39 Å². The SMILES string of the molecule is O=C(Cc1nc(-c2ccc(F)cc2)cs1)NCc1nc2ccccc2[nH]1. The average molecular weight is 366 g/mol. The number of fused-ring (bicyclic) bond motifs is 1. The van der Waals surface area contributed by atoms with E-state index in [2.05, 4.69) is 20.3 Å². The van der Waals surface area contributed by atoms with Gasteiger partial charge in [0.2, 0.25) is 5.91 Å². The van der Waals surface area contributed by atoms with Gasteiger partial charge in [-0.05, 0) is 36.4 Å². The van der Waals surface area contributed by atoms with Crippen molar-refractivity contribution < 1.29 is 9.18 Å². The summed E-state index contributed by atoms with van der Waals surface area (Å²) in [5.74, 6) is 0.310. The van der Waals surface area contributed by atoms with Crippen LogP contribution in [-0.2, 0) is 17.8 Å². The largest absolute Gasteiger partial charge is 0.349 e. The number of carbonyl (C=O) groups is 1. The molecule has 2 heterocycles. The van der Waals surface area contributed by atoms with Crippen molar-refractivity contribution in [3.05, 3.63) is 70.6 Å². The van der Waals surface area contributed by atoms with Gasteiger partial charge in [0.15, 0.2) is 0 Å². The average Bonchev–Trinajstić information content (AvgIpc) is 3.27. The fourth-order valence-electron chi connectivity index (χ4n) is 2.62. The summed E-state index contributed by atoms with van der Waals surface area (Å²) in [7, 11) is 0. The van der Waals surface area contributed by atoms with E-state index in [4.69, 9.17) is 0 Å². The lowest BCUT2D eigenvalue weighted by Crippen LogP contribution is -2.25. The predicted octanol–water partition coefficient (Wildman–Crippen LogP) is 3.68. The van der Waals surface area contributed by atoms with Gasteiger partial charge in [0, 0.05) is 10.9 Å². The van der Waals surface area contributed by atoms with E-state index in [1.165, 1.54) is 23.5 Å². The van der Waals surface area contributed by atoms with E-state index in [1.807, 2.05) is 29.6 Å². The molecule has 0 radical (unpaired) electrons. The quantitative estimate of drug-likeness (QED) is 0.566. The Kier molecular flexibility index (Phi) is 4.45. The zero-order chi connectivity index (χ0) is 17.9. The third-order valence-corrected chi connectivity index (χ3v) is 4.74. The summed E-state index contributed by atoms with van der Waals surface area (Å²) >= 11 is 1.41. The van der Waals surface area contributed by atoms with Crippen molar-refractivity contribution in [2.45, 2.75) is 13.0 Å². The highest BCUT2D eigenvalue weighted by Gasteiger charge is 2.10. The van der Waals surface area contributed by atoms with Gasteiger partial charge in [0.25, 0.3) is 0 Å². The molecule has 4 aromatic rings. The first-order chi connectivity index (χ1) is 12.7. The number of hydrogen-bond donors (Lipinski definition) is 2. The monoisotopic (exact) mass is 366 g/mol. The molecule has 26 heavy (non-hydrogen) atoms. The lowest BCUT2D eigenvalue weighted by molar-refractivity contribution is -0.120. The van der Waals surface area contributed by atoms with E-state index in [9.17, 15) is 9.18 Å². The summed E-state index contributed by atoms with van der Waals surface area (Å²) < 4.78 is 13.0. The Hall–Kier alpha value is -3.06. The molecule has 0 aliphatic carbocycles. The molecule has 0 aliphatic rings. The van der Waals surface area contributed by atoms with E-state index in [-0.39, 0.29) is 18.1 Å². The van der Waals surface area contributed by atoms with Crippen molar-refractivity contribution in [2.24, 2.45) is 0 Å². The Labute approximate surface area is 152 Å². The van der Waals surface area contributed by atoms with Crippen molar-refractivity contribution >= 4 is 28.3 Å². The van der Waals surface area contributed by atoms with E-state index in [0.29, 0.717) is 17.4 Å². The molecule has 0 fully saturated rings. The summed E-state index contributed by atoms with van der Waals surface area (Å²) in [6.45, 7) is 0.337. The maximum Gasteiger partial charge on any atom is 0.227 e. The summed E-state index contributed by atoms with van der Waals surface area (Å²) in [4.78, 5) is 24.2. The molecule has 0 bridgehead atoms. The topological polar surface area (TPSA) is 70.7 Å². The summed E-state index contributed by atoms with van der Waals surface area (Å²) in [5, 5.41) is 5.43. The first-order valence-electron chi connectivity index (χ1n) is 8.08. The second-order valence-corrected chi connectivity index (χ2v) is 6.73. The van der Waals surface area contributed by atoms with Gasteiger partial charge in [-0.1, -0.05) is 12.1 Å².